The molecule has 6 aromatic rings. The Labute approximate surface area is 277 Å². The van der Waals surface area contributed by atoms with Gasteiger partial charge in [-0.3, -0.25) is 0 Å². The monoisotopic (exact) mass is 630 g/mol. The molecule has 8 rings (SSSR count). The van der Waals surface area contributed by atoms with Crippen molar-refractivity contribution >= 4 is 42.4 Å². The summed E-state index contributed by atoms with van der Waals surface area (Å²) in [5, 5.41) is 7.44. The van der Waals surface area contributed by atoms with Crippen molar-refractivity contribution in [2.24, 2.45) is 0 Å². The lowest BCUT2D eigenvalue weighted by molar-refractivity contribution is 0.612. The predicted molar refractivity (Wildman–Crippen MR) is 201 cm³/mol. The molecule has 0 spiro atoms. The van der Waals surface area contributed by atoms with Crippen molar-refractivity contribution in [1.82, 2.24) is 0 Å². The van der Waals surface area contributed by atoms with Crippen molar-refractivity contribution in [3.8, 4) is 0 Å². The average Bonchev–Trinajstić information content (AvgIpc) is 3.14. The molecule has 0 bridgehead atoms. The van der Waals surface area contributed by atoms with Gasteiger partial charge in [-0.25, -0.2) is 0 Å². The third-order valence-electron chi connectivity index (χ3n) is 10.0. The summed E-state index contributed by atoms with van der Waals surface area (Å²) >= 11 is 0. The zero-order chi connectivity index (χ0) is 30.7. The molecule has 2 aliphatic carbocycles. The van der Waals surface area contributed by atoms with Crippen LogP contribution in [0.25, 0.3) is 0 Å². The van der Waals surface area contributed by atoms with E-state index in [1.807, 2.05) is 0 Å². The average molecular weight is 631 g/mol. The summed E-state index contributed by atoms with van der Waals surface area (Å²) in [6, 6.07) is 60.2. The first-order valence-corrected chi connectivity index (χ1v) is 19.6. The topological polar surface area (TPSA) is 0 Å². The van der Waals surface area contributed by atoms with Crippen LogP contribution >= 0.6 is 15.8 Å². The summed E-state index contributed by atoms with van der Waals surface area (Å²) in [4.78, 5) is 0. The molecule has 0 amide bonds. The Balaban J connectivity index is 1.42. The van der Waals surface area contributed by atoms with E-state index in [-0.39, 0.29) is 0 Å². The molecule has 0 fully saturated rings. The number of hydrogen-bond donors (Lipinski definition) is 0. The second kappa shape index (κ2) is 13.5. The smallest absolute Gasteiger partial charge is 0.0175 e. The van der Waals surface area contributed by atoms with Crippen molar-refractivity contribution in [3.63, 3.8) is 0 Å². The van der Waals surface area contributed by atoms with E-state index in [1.54, 1.807) is 33.1 Å². The molecule has 0 radical (unpaired) electrons. The van der Waals surface area contributed by atoms with Crippen LogP contribution in [0.15, 0.2) is 158 Å². The first-order valence-electron chi connectivity index (χ1n) is 16.9. The van der Waals surface area contributed by atoms with Gasteiger partial charge in [0, 0.05) is 5.92 Å². The molecule has 0 saturated heterocycles. The van der Waals surface area contributed by atoms with Crippen LogP contribution in [0.5, 0.6) is 0 Å². The molecule has 2 atom stereocenters. The zero-order valence-corrected chi connectivity index (χ0v) is 28.1. The van der Waals surface area contributed by atoms with Crippen LogP contribution in [0.2, 0.25) is 0 Å². The lowest BCUT2D eigenvalue weighted by atomic mass is 9.74. The summed E-state index contributed by atoms with van der Waals surface area (Å²) in [6.45, 7) is 0. The molecule has 0 heterocycles. The highest BCUT2D eigenvalue weighted by atomic mass is 31.1. The van der Waals surface area contributed by atoms with Crippen molar-refractivity contribution in [2.45, 2.75) is 50.1 Å². The molecule has 0 aliphatic heterocycles. The van der Waals surface area contributed by atoms with Crippen molar-refractivity contribution in [2.75, 3.05) is 0 Å². The van der Waals surface area contributed by atoms with Crippen LogP contribution in [0, 0.1) is 0 Å². The van der Waals surface area contributed by atoms with Crippen LogP contribution in [0.3, 0.4) is 0 Å². The van der Waals surface area contributed by atoms with Gasteiger partial charge < -0.3 is 0 Å². The van der Waals surface area contributed by atoms with Crippen LogP contribution in [0.4, 0.5) is 0 Å². The summed E-state index contributed by atoms with van der Waals surface area (Å²) in [5.41, 5.74) is 8.52. The quantitative estimate of drug-likeness (QED) is 0.155. The van der Waals surface area contributed by atoms with Gasteiger partial charge in [-0.2, -0.15) is 0 Å². The molecule has 6 aromatic carbocycles. The standard InChI is InChI=1S/C44H40P2/c1-5-19-35(20-6-1)45(36-21-7-2-8-22-36)41-31-29-33-17-13-15-27-39(33)43(41)44-40-28-16-14-18-34(40)30-32-42(44)46(37-23-9-3-10-24-37)38-25-11-4-12-26-38/h1-13,15,17,19-27,30,32,41,43H,14,16,18,28-29,31H2/t41?,43-/m0/s1. The van der Waals surface area contributed by atoms with Gasteiger partial charge in [-0.05, 0) is 114 Å². The Morgan fingerprint density at radius 2 is 0.957 bits per heavy atom. The van der Waals surface area contributed by atoms with E-state index in [0.717, 1.165) is 6.42 Å². The molecule has 2 aliphatic rings. The van der Waals surface area contributed by atoms with Gasteiger partial charge in [0.2, 0.25) is 0 Å². The molecule has 0 aromatic heterocycles. The lowest BCUT2D eigenvalue weighted by Gasteiger charge is -2.42. The Kier molecular flexibility index (Phi) is 8.68. The highest BCUT2D eigenvalue weighted by Gasteiger charge is 2.41. The number of benzene rings is 6. The van der Waals surface area contributed by atoms with Gasteiger partial charge in [0.15, 0.2) is 0 Å². The third kappa shape index (κ3) is 5.68. The highest BCUT2D eigenvalue weighted by Crippen LogP contribution is 2.55. The minimum atomic E-state index is -0.736. The number of fused-ring (bicyclic) bond motifs is 2. The Bertz CT molecular complexity index is 1820. The lowest BCUT2D eigenvalue weighted by Crippen LogP contribution is -2.36. The fraction of sp³-hybridized carbons (Fsp3) is 0.182. The Hall–Kier alpha value is -3.82. The fourth-order valence-corrected chi connectivity index (χ4v) is 13.6. The largest absolute Gasteiger partial charge is 0.0622 e. The number of aryl methyl sites for hydroxylation is 2. The van der Waals surface area contributed by atoms with Gasteiger partial charge in [0.05, 0.1) is 0 Å². The maximum atomic E-state index is 2.56. The molecule has 46 heavy (non-hydrogen) atoms. The minimum absolute atomic E-state index is 0.344. The summed E-state index contributed by atoms with van der Waals surface area (Å²) in [7, 11) is -1.34. The Morgan fingerprint density at radius 3 is 1.57 bits per heavy atom. The van der Waals surface area contributed by atoms with Gasteiger partial charge >= 0.3 is 0 Å². The van der Waals surface area contributed by atoms with Gasteiger partial charge in [-0.1, -0.05) is 158 Å². The zero-order valence-electron chi connectivity index (χ0n) is 26.3. The first-order chi connectivity index (χ1) is 22.9. The maximum absolute atomic E-state index is 2.56. The third-order valence-corrected chi connectivity index (χ3v) is 15.4. The van der Waals surface area contributed by atoms with Crippen LogP contribution in [-0.2, 0) is 19.3 Å². The van der Waals surface area contributed by atoms with E-state index in [2.05, 4.69) is 158 Å². The van der Waals surface area contributed by atoms with E-state index in [9.17, 15) is 0 Å². The summed E-state index contributed by atoms with van der Waals surface area (Å²) in [5.74, 6) is 0.344. The van der Waals surface area contributed by atoms with Crippen LogP contribution < -0.4 is 26.5 Å². The SMILES string of the molecule is c1ccc(P(c2ccccc2)c2ccc3c(c2[C@H]2c4ccccc4CCC2P(c2ccccc2)c2ccccc2)CCCC3)cc1. The summed E-state index contributed by atoms with van der Waals surface area (Å²) in [6.07, 6.45) is 7.31. The molecule has 0 saturated carbocycles. The van der Waals surface area contributed by atoms with Crippen LogP contribution in [-0.4, -0.2) is 5.66 Å². The fourth-order valence-electron chi connectivity index (χ4n) is 8.05. The number of hydrogen-bond acceptors (Lipinski definition) is 0. The van der Waals surface area contributed by atoms with Crippen molar-refractivity contribution in [1.29, 1.82) is 0 Å². The minimum Gasteiger partial charge on any atom is -0.0622 e. The second-order valence-electron chi connectivity index (χ2n) is 12.7. The molecule has 226 valence electrons. The van der Waals surface area contributed by atoms with E-state index in [4.69, 9.17) is 0 Å². The molecule has 0 N–H and O–H groups in total. The van der Waals surface area contributed by atoms with Gasteiger partial charge in [0.25, 0.3) is 0 Å². The molecule has 1 unspecified atom stereocenters. The molecular weight excluding hydrogens is 590 g/mol. The highest BCUT2D eigenvalue weighted by molar-refractivity contribution is 7.80. The predicted octanol–water partition coefficient (Wildman–Crippen LogP) is 8.90. The normalized spacial score (nSPS) is 17.4. The van der Waals surface area contributed by atoms with E-state index < -0.39 is 15.8 Å². The van der Waals surface area contributed by atoms with Gasteiger partial charge in [0.1, 0.15) is 0 Å². The van der Waals surface area contributed by atoms with Crippen LogP contribution in [0.1, 0.15) is 53.0 Å². The van der Waals surface area contributed by atoms with E-state index >= 15 is 0 Å². The second-order valence-corrected chi connectivity index (χ2v) is 17.3. The summed E-state index contributed by atoms with van der Waals surface area (Å²) < 4.78 is 0. The van der Waals surface area contributed by atoms with E-state index in [0.29, 0.717) is 11.6 Å². The van der Waals surface area contributed by atoms with Crippen molar-refractivity contribution < 1.29 is 0 Å². The first kappa shape index (κ1) is 29.6. The van der Waals surface area contributed by atoms with Crippen molar-refractivity contribution in [3.05, 3.63) is 186 Å². The van der Waals surface area contributed by atoms with Gasteiger partial charge in [-0.15, -0.1) is 0 Å². The molecule has 2 heteroatoms. The van der Waals surface area contributed by atoms with E-state index in [1.165, 1.54) is 53.3 Å². The molecular formula is C44H40P2. The number of rotatable bonds is 7. The maximum Gasteiger partial charge on any atom is 0.0175 e. The Morgan fingerprint density at radius 1 is 0.435 bits per heavy atom. The molecule has 0 nitrogen and oxygen atoms in total.